The van der Waals surface area contributed by atoms with Crippen LogP contribution < -0.4 is 10.6 Å². The van der Waals surface area contributed by atoms with E-state index in [1.54, 1.807) is 0 Å². The molecule has 0 saturated carbocycles. The lowest BCUT2D eigenvalue weighted by Gasteiger charge is -2.20. The van der Waals surface area contributed by atoms with Gasteiger partial charge in [0.15, 0.2) is 0 Å². The first-order chi connectivity index (χ1) is 23.1. The van der Waals surface area contributed by atoms with Crippen molar-refractivity contribution in [3.8, 4) is 0 Å². The number of allylic oxidation sites excluding steroid dienone is 4. The van der Waals surface area contributed by atoms with Crippen molar-refractivity contribution in [2.75, 3.05) is 32.7 Å². The highest BCUT2D eigenvalue weighted by Gasteiger charge is 2.06. The number of likely N-dealkylation sites (N-methyl/N-ethyl adjacent to an activating group) is 1. The van der Waals surface area contributed by atoms with Gasteiger partial charge in [0.2, 0.25) is 11.8 Å². The van der Waals surface area contributed by atoms with Crippen LogP contribution in [0, 0.1) is 0 Å². The smallest absolute Gasteiger partial charge is 0.220 e. The van der Waals surface area contributed by atoms with E-state index in [9.17, 15) is 9.59 Å². The number of hydrogen-bond donors (Lipinski definition) is 2. The lowest BCUT2D eigenvalue weighted by Crippen LogP contribution is -2.39. The Labute approximate surface area is 294 Å². The molecule has 0 aliphatic rings. The topological polar surface area (TPSA) is 61.4 Å². The van der Waals surface area contributed by atoms with Crippen molar-refractivity contribution in [2.45, 2.75) is 201 Å². The summed E-state index contributed by atoms with van der Waals surface area (Å²) in [5.41, 5.74) is 0. The minimum Gasteiger partial charge on any atom is -0.355 e. The van der Waals surface area contributed by atoms with E-state index >= 15 is 0 Å². The summed E-state index contributed by atoms with van der Waals surface area (Å²) in [5.74, 6) is 0.346. The summed E-state index contributed by atoms with van der Waals surface area (Å²) in [5, 5.41) is 6.17. The Balaban J connectivity index is 3.53. The summed E-state index contributed by atoms with van der Waals surface area (Å²) < 4.78 is 0. The van der Waals surface area contributed by atoms with E-state index in [1.165, 1.54) is 141 Å². The molecule has 0 aliphatic carbocycles. The maximum atomic E-state index is 12.2. The quantitative estimate of drug-likeness (QED) is 0.0515. The summed E-state index contributed by atoms with van der Waals surface area (Å²) in [6.07, 6.45) is 43.9. The Morgan fingerprint density at radius 2 is 0.723 bits per heavy atom. The van der Waals surface area contributed by atoms with E-state index in [0.29, 0.717) is 25.9 Å². The fraction of sp³-hybridized carbons (Fsp3) is 0.857. The van der Waals surface area contributed by atoms with Crippen molar-refractivity contribution in [1.29, 1.82) is 0 Å². The molecule has 0 heterocycles. The van der Waals surface area contributed by atoms with Gasteiger partial charge in [-0.25, -0.2) is 0 Å². The molecule has 0 bridgehead atoms. The zero-order valence-corrected chi connectivity index (χ0v) is 31.9. The Kier molecular flexibility index (Phi) is 37.5. The largest absolute Gasteiger partial charge is 0.355 e. The first-order valence-corrected chi connectivity index (χ1v) is 20.7. The molecule has 2 amide bonds. The second kappa shape index (κ2) is 38.8. The molecule has 0 unspecified atom stereocenters. The molecular formula is C42H81N3O2. The van der Waals surface area contributed by atoms with Crippen molar-refractivity contribution in [1.82, 2.24) is 15.5 Å². The van der Waals surface area contributed by atoms with Crippen LogP contribution in [0.1, 0.15) is 201 Å². The van der Waals surface area contributed by atoms with Gasteiger partial charge in [-0.05, 0) is 70.8 Å². The molecule has 2 N–H and O–H groups in total. The van der Waals surface area contributed by atoms with Gasteiger partial charge in [0, 0.05) is 39.0 Å². The minimum absolute atomic E-state index is 0.173. The third-order valence-electron chi connectivity index (χ3n) is 9.28. The van der Waals surface area contributed by atoms with Gasteiger partial charge in [-0.1, -0.05) is 148 Å². The molecule has 0 rings (SSSR count). The molecule has 0 aliphatic heterocycles. The number of rotatable bonds is 37. The SMILES string of the molecule is CCCCCCCC/C=C\CCCCCCCC(=O)NCCN(CC)CCNC(=O)CCCCCCC/C=C\CCCCCCCC. The number of hydrogen-bond acceptors (Lipinski definition) is 3. The third kappa shape index (κ3) is 37.1. The number of carbonyl (C=O) groups is 2. The first kappa shape index (κ1) is 45.4. The van der Waals surface area contributed by atoms with E-state index in [-0.39, 0.29) is 11.8 Å². The lowest BCUT2D eigenvalue weighted by atomic mass is 10.1. The predicted octanol–water partition coefficient (Wildman–Crippen LogP) is 11.6. The lowest BCUT2D eigenvalue weighted by molar-refractivity contribution is -0.121. The van der Waals surface area contributed by atoms with E-state index in [2.05, 4.69) is 60.6 Å². The maximum Gasteiger partial charge on any atom is 0.220 e. The first-order valence-electron chi connectivity index (χ1n) is 20.7. The maximum absolute atomic E-state index is 12.2. The van der Waals surface area contributed by atoms with Crippen molar-refractivity contribution in [3.63, 3.8) is 0 Å². The minimum atomic E-state index is 0.173. The van der Waals surface area contributed by atoms with E-state index in [0.717, 1.165) is 45.3 Å². The van der Waals surface area contributed by atoms with Crippen LogP contribution in [0.5, 0.6) is 0 Å². The van der Waals surface area contributed by atoms with Gasteiger partial charge < -0.3 is 15.5 Å². The number of carbonyl (C=O) groups excluding carboxylic acids is 2. The number of nitrogens with zero attached hydrogens (tertiary/aromatic N) is 1. The average molecular weight is 660 g/mol. The summed E-state index contributed by atoms with van der Waals surface area (Å²) in [6, 6.07) is 0. The Morgan fingerprint density at radius 3 is 1.04 bits per heavy atom. The molecule has 0 aromatic heterocycles. The Morgan fingerprint density at radius 1 is 0.426 bits per heavy atom. The van der Waals surface area contributed by atoms with E-state index in [4.69, 9.17) is 0 Å². The molecule has 0 fully saturated rings. The van der Waals surface area contributed by atoms with Gasteiger partial charge >= 0.3 is 0 Å². The van der Waals surface area contributed by atoms with Crippen LogP contribution in [0.3, 0.4) is 0 Å². The number of amides is 2. The molecular weight excluding hydrogens is 578 g/mol. The molecule has 0 spiro atoms. The summed E-state index contributed by atoms with van der Waals surface area (Å²) >= 11 is 0. The normalized spacial score (nSPS) is 11.7. The van der Waals surface area contributed by atoms with Crippen molar-refractivity contribution >= 4 is 11.8 Å². The third-order valence-corrected chi connectivity index (χ3v) is 9.28. The van der Waals surface area contributed by atoms with E-state index in [1.807, 2.05) is 0 Å². The Bertz CT molecular complexity index is 663. The van der Waals surface area contributed by atoms with Gasteiger partial charge in [-0.3, -0.25) is 9.59 Å². The van der Waals surface area contributed by atoms with Gasteiger partial charge in [-0.15, -0.1) is 0 Å². The summed E-state index contributed by atoms with van der Waals surface area (Å²) in [6.45, 7) is 10.6. The van der Waals surface area contributed by atoms with Crippen molar-refractivity contribution in [2.24, 2.45) is 0 Å². The molecule has 0 aromatic rings. The second-order valence-electron chi connectivity index (χ2n) is 13.8. The standard InChI is InChI=1S/C42H81N3O2/c1-4-7-9-11-13-15-17-19-21-23-25-27-29-31-33-35-41(46)43-37-39-45(6-3)40-38-44-42(47)36-34-32-30-28-26-24-22-20-18-16-14-12-10-8-5-2/h19-22H,4-18,23-40H2,1-3H3,(H,43,46)(H,44,47)/b21-19-,22-20-. The fourth-order valence-electron chi connectivity index (χ4n) is 6.02. The van der Waals surface area contributed by atoms with Crippen LogP contribution in [-0.2, 0) is 9.59 Å². The van der Waals surface area contributed by atoms with Crippen LogP contribution in [0.15, 0.2) is 24.3 Å². The van der Waals surface area contributed by atoms with Gasteiger partial charge in [0.25, 0.3) is 0 Å². The van der Waals surface area contributed by atoms with Crippen LogP contribution in [0.4, 0.5) is 0 Å². The highest BCUT2D eigenvalue weighted by Crippen LogP contribution is 2.11. The zero-order chi connectivity index (χ0) is 34.3. The second-order valence-corrected chi connectivity index (χ2v) is 13.8. The van der Waals surface area contributed by atoms with Crippen LogP contribution in [0.25, 0.3) is 0 Å². The van der Waals surface area contributed by atoms with E-state index < -0.39 is 0 Å². The van der Waals surface area contributed by atoms with Gasteiger partial charge in [0.1, 0.15) is 0 Å². The molecule has 0 aromatic carbocycles. The molecule has 0 atom stereocenters. The molecule has 5 nitrogen and oxygen atoms in total. The highest BCUT2D eigenvalue weighted by molar-refractivity contribution is 5.76. The van der Waals surface area contributed by atoms with Crippen molar-refractivity contribution < 1.29 is 9.59 Å². The summed E-state index contributed by atoms with van der Waals surface area (Å²) in [7, 11) is 0. The molecule has 5 heteroatoms. The molecule has 276 valence electrons. The van der Waals surface area contributed by atoms with Crippen LogP contribution in [0.2, 0.25) is 0 Å². The number of nitrogens with one attached hydrogen (secondary N) is 2. The molecule has 0 radical (unpaired) electrons. The van der Waals surface area contributed by atoms with Gasteiger partial charge in [0.05, 0.1) is 0 Å². The highest BCUT2D eigenvalue weighted by atomic mass is 16.2. The van der Waals surface area contributed by atoms with Crippen molar-refractivity contribution in [3.05, 3.63) is 24.3 Å². The Hall–Kier alpha value is -1.62. The summed E-state index contributed by atoms with van der Waals surface area (Å²) in [4.78, 5) is 26.8. The monoisotopic (exact) mass is 660 g/mol. The number of unbranched alkanes of at least 4 members (excludes halogenated alkanes) is 22. The molecule has 0 saturated heterocycles. The average Bonchev–Trinajstić information content (AvgIpc) is 3.07. The van der Waals surface area contributed by atoms with Crippen LogP contribution >= 0.6 is 0 Å². The fourth-order valence-corrected chi connectivity index (χ4v) is 6.02. The molecule has 47 heavy (non-hydrogen) atoms. The van der Waals surface area contributed by atoms with Gasteiger partial charge in [-0.2, -0.15) is 0 Å². The van der Waals surface area contributed by atoms with Crippen LogP contribution in [-0.4, -0.2) is 49.4 Å². The predicted molar refractivity (Wildman–Crippen MR) is 207 cm³/mol. The zero-order valence-electron chi connectivity index (χ0n) is 31.9.